The van der Waals surface area contributed by atoms with Crippen molar-refractivity contribution in [3.8, 4) is 0 Å². The SMILES string of the molecule is CC(C)c1ccc(C(=O)NC(C)c2cc(F)ccc2N2CCN(C)CC2)cc1. The number of rotatable bonds is 5. The van der Waals surface area contributed by atoms with Gasteiger partial charge in [0.25, 0.3) is 5.91 Å². The molecule has 0 bridgehead atoms. The lowest BCUT2D eigenvalue weighted by Crippen LogP contribution is -2.45. The minimum absolute atomic E-state index is 0.142. The second-order valence-corrected chi connectivity index (χ2v) is 7.97. The van der Waals surface area contributed by atoms with E-state index in [1.807, 2.05) is 37.3 Å². The van der Waals surface area contributed by atoms with Crippen LogP contribution in [0, 0.1) is 5.82 Å². The van der Waals surface area contributed by atoms with Gasteiger partial charge in [-0.3, -0.25) is 4.79 Å². The van der Waals surface area contributed by atoms with E-state index < -0.39 is 0 Å². The number of nitrogens with one attached hydrogen (secondary N) is 1. The Kier molecular flexibility index (Phi) is 6.35. The summed E-state index contributed by atoms with van der Waals surface area (Å²) in [5.41, 5.74) is 3.63. The molecule has 0 aliphatic carbocycles. The lowest BCUT2D eigenvalue weighted by Gasteiger charge is -2.36. The van der Waals surface area contributed by atoms with E-state index >= 15 is 0 Å². The summed E-state index contributed by atoms with van der Waals surface area (Å²) in [4.78, 5) is 17.3. The Morgan fingerprint density at radius 2 is 1.64 bits per heavy atom. The van der Waals surface area contributed by atoms with Crippen LogP contribution in [0.5, 0.6) is 0 Å². The Bertz CT molecular complexity index is 811. The van der Waals surface area contributed by atoms with Crippen LogP contribution in [0.1, 0.15) is 54.2 Å². The Morgan fingerprint density at radius 3 is 2.25 bits per heavy atom. The summed E-state index contributed by atoms with van der Waals surface area (Å²) in [5, 5.41) is 3.03. The lowest BCUT2D eigenvalue weighted by molar-refractivity contribution is 0.0940. The number of hydrogen-bond donors (Lipinski definition) is 1. The van der Waals surface area contributed by atoms with Gasteiger partial charge in [-0.25, -0.2) is 4.39 Å². The molecule has 1 aliphatic rings. The third-order valence-corrected chi connectivity index (χ3v) is 5.49. The number of halogens is 1. The Hall–Kier alpha value is -2.40. The minimum Gasteiger partial charge on any atom is -0.369 e. The van der Waals surface area contributed by atoms with Crippen molar-refractivity contribution in [1.82, 2.24) is 10.2 Å². The first-order valence-corrected chi connectivity index (χ1v) is 9.99. The maximum absolute atomic E-state index is 14.0. The number of nitrogens with zero attached hydrogens (tertiary/aromatic N) is 2. The van der Waals surface area contributed by atoms with E-state index in [0.29, 0.717) is 11.5 Å². The fraction of sp³-hybridized carbons (Fsp3) is 0.435. The summed E-state index contributed by atoms with van der Waals surface area (Å²) in [5.74, 6) is 0.00105. The molecule has 1 unspecified atom stereocenters. The Morgan fingerprint density at radius 1 is 1.00 bits per heavy atom. The van der Waals surface area contributed by atoms with Crippen LogP contribution in [0.25, 0.3) is 0 Å². The first-order chi connectivity index (χ1) is 13.3. The quantitative estimate of drug-likeness (QED) is 0.841. The van der Waals surface area contributed by atoms with Gasteiger partial charge in [0.05, 0.1) is 6.04 Å². The van der Waals surface area contributed by atoms with Crippen LogP contribution >= 0.6 is 0 Å². The van der Waals surface area contributed by atoms with Crippen molar-refractivity contribution >= 4 is 11.6 Å². The first kappa shape index (κ1) is 20.3. The van der Waals surface area contributed by atoms with Crippen molar-refractivity contribution in [1.29, 1.82) is 0 Å². The fourth-order valence-electron chi connectivity index (χ4n) is 3.58. The number of piperazine rings is 1. The minimum atomic E-state index is -0.289. The van der Waals surface area contributed by atoms with Crippen molar-refractivity contribution in [2.75, 3.05) is 38.1 Å². The van der Waals surface area contributed by atoms with Crippen LogP contribution in [-0.2, 0) is 0 Å². The molecular weight excluding hydrogens is 353 g/mol. The molecule has 2 aromatic rings. The van der Waals surface area contributed by atoms with Crippen LogP contribution in [0.15, 0.2) is 42.5 Å². The normalized spacial score (nSPS) is 16.3. The standard InChI is InChI=1S/C23H30FN3O/c1-16(2)18-5-7-19(8-6-18)23(28)25-17(3)21-15-20(24)9-10-22(21)27-13-11-26(4)12-14-27/h5-10,15-17H,11-14H2,1-4H3,(H,25,28). The summed E-state index contributed by atoms with van der Waals surface area (Å²) in [6, 6.07) is 12.3. The van der Waals surface area contributed by atoms with Crippen LogP contribution in [0.2, 0.25) is 0 Å². The van der Waals surface area contributed by atoms with Gasteiger partial charge < -0.3 is 15.1 Å². The first-order valence-electron chi connectivity index (χ1n) is 9.99. The zero-order chi connectivity index (χ0) is 20.3. The second kappa shape index (κ2) is 8.74. The van der Waals surface area contributed by atoms with Crippen molar-refractivity contribution in [2.45, 2.75) is 32.7 Å². The number of hydrogen-bond acceptors (Lipinski definition) is 3. The van der Waals surface area contributed by atoms with Crippen LogP contribution in [0.3, 0.4) is 0 Å². The van der Waals surface area contributed by atoms with Crippen molar-refractivity contribution in [3.05, 3.63) is 65.0 Å². The molecule has 5 heteroatoms. The van der Waals surface area contributed by atoms with E-state index in [4.69, 9.17) is 0 Å². The molecule has 1 N–H and O–H groups in total. The highest BCUT2D eigenvalue weighted by atomic mass is 19.1. The highest BCUT2D eigenvalue weighted by molar-refractivity contribution is 5.94. The second-order valence-electron chi connectivity index (χ2n) is 7.97. The topological polar surface area (TPSA) is 35.6 Å². The van der Waals surface area contributed by atoms with Gasteiger partial charge in [-0.1, -0.05) is 26.0 Å². The van der Waals surface area contributed by atoms with Gasteiger partial charge in [0.2, 0.25) is 0 Å². The van der Waals surface area contributed by atoms with Gasteiger partial charge in [-0.15, -0.1) is 0 Å². The highest BCUT2D eigenvalue weighted by Crippen LogP contribution is 2.28. The molecule has 28 heavy (non-hydrogen) atoms. The van der Waals surface area contributed by atoms with E-state index in [1.165, 1.54) is 11.6 Å². The number of anilines is 1. The van der Waals surface area contributed by atoms with Gasteiger partial charge in [-0.2, -0.15) is 0 Å². The molecular formula is C23H30FN3O. The van der Waals surface area contributed by atoms with Gasteiger partial charge in [0.15, 0.2) is 0 Å². The predicted molar refractivity (Wildman–Crippen MR) is 113 cm³/mol. The molecule has 1 fully saturated rings. The Balaban J connectivity index is 1.77. The maximum Gasteiger partial charge on any atom is 0.251 e. The summed E-state index contributed by atoms with van der Waals surface area (Å²) in [7, 11) is 2.11. The average Bonchev–Trinajstić information content (AvgIpc) is 2.68. The average molecular weight is 384 g/mol. The molecule has 1 atom stereocenters. The number of carbonyl (C=O) groups excluding carboxylic acids is 1. The van der Waals surface area contributed by atoms with Crippen LogP contribution in [0.4, 0.5) is 10.1 Å². The number of amides is 1. The van der Waals surface area contributed by atoms with Crippen LogP contribution < -0.4 is 10.2 Å². The Labute approximate surface area is 167 Å². The summed E-state index contributed by atoms with van der Waals surface area (Å²) < 4.78 is 14.0. The van der Waals surface area contributed by atoms with E-state index in [-0.39, 0.29) is 17.8 Å². The van der Waals surface area contributed by atoms with Gasteiger partial charge in [0.1, 0.15) is 5.82 Å². The molecule has 1 saturated heterocycles. The molecule has 1 amide bonds. The zero-order valence-electron chi connectivity index (χ0n) is 17.2. The number of benzene rings is 2. The number of carbonyl (C=O) groups is 1. The summed E-state index contributed by atoms with van der Waals surface area (Å²) >= 11 is 0. The molecule has 0 saturated carbocycles. The summed E-state index contributed by atoms with van der Waals surface area (Å²) in [6.07, 6.45) is 0. The molecule has 0 radical (unpaired) electrons. The smallest absolute Gasteiger partial charge is 0.251 e. The molecule has 1 heterocycles. The van der Waals surface area contributed by atoms with E-state index in [0.717, 1.165) is 37.4 Å². The molecule has 3 rings (SSSR count). The molecule has 4 nitrogen and oxygen atoms in total. The predicted octanol–water partition coefficient (Wildman–Crippen LogP) is 4.19. The van der Waals surface area contributed by atoms with Gasteiger partial charge in [-0.05, 0) is 55.8 Å². The molecule has 2 aromatic carbocycles. The lowest BCUT2D eigenvalue weighted by atomic mass is 10.0. The van der Waals surface area contributed by atoms with Crippen molar-refractivity contribution in [2.24, 2.45) is 0 Å². The fourth-order valence-corrected chi connectivity index (χ4v) is 3.58. The maximum atomic E-state index is 14.0. The molecule has 0 spiro atoms. The van der Waals surface area contributed by atoms with Gasteiger partial charge in [0, 0.05) is 43.0 Å². The molecule has 0 aromatic heterocycles. The largest absolute Gasteiger partial charge is 0.369 e. The molecule has 150 valence electrons. The number of likely N-dealkylation sites (N-methyl/N-ethyl adjacent to an activating group) is 1. The summed E-state index contributed by atoms with van der Waals surface area (Å²) in [6.45, 7) is 9.90. The van der Waals surface area contributed by atoms with E-state index in [9.17, 15) is 9.18 Å². The van der Waals surface area contributed by atoms with E-state index in [1.54, 1.807) is 6.07 Å². The monoisotopic (exact) mass is 383 g/mol. The third-order valence-electron chi connectivity index (χ3n) is 5.49. The zero-order valence-corrected chi connectivity index (χ0v) is 17.2. The van der Waals surface area contributed by atoms with Crippen LogP contribution in [-0.4, -0.2) is 44.0 Å². The highest BCUT2D eigenvalue weighted by Gasteiger charge is 2.21. The third kappa shape index (κ3) is 4.71. The van der Waals surface area contributed by atoms with Crippen molar-refractivity contribution < 1.29 is 9.18 Å². The van der Waals surface area contributed by atoms with E-state index in [2.05, 4.69) is 36.0 Å². The molecule has 1 aliphatic heterocycles. The van der Waals surface area contributed by atoms with Crippen molar-refractivity contribution in [3.63, 3.8) is 0 Å². The van der Waals surface area contributed by atoms with Gasteiger partial charge >= 0.3 is 0 Å².